The lowest BCUT2D eigenvalue weighted by Crippen LogP contribution is -2.47. The molecule has 1 fully saturated rings. The minimum Gasteiger partial charge on any atom is -0.486 e. The first-order valence-corrected chi connectivity index (χ1v) is 12.6. The Hall–Kier alpha value is -3.06. The number of aromatic nitrogens is 1. The summed E-state index contributed by atoms with van der Waals surface area (Å²) in [6, 6.07) is 16.5. The second kappa shape index (κ2) is 10.5. The number of fused-ring (bicyclic) bond motifs is 2. The van der Waals surface area contributed by atoms with Crippen molar-refractivity contribution in [1.82, 2.24) is 15.2 Å². The fourth-order valence-corrected chi connectivity index (χ4v) is 5.22. The van der Waals surface area contributed by atoms with E-state index in [0.29, 0.717) is 37.1 Å². The van der Waals surface area contributed by atoms with Crippen molar-refractivity contribution in [1.29, 1.82) is 0 Å². The van der Waals surface area contributed by atoms with Crippen LogP contribution in [-0.2, 0) is 13.0 Å². The molecule has 34 heavy (non-hydrogen) atoms. The molecule has 7 heteroatoms. The Morgan fingerprint density at radius 1 is 1.03 bits per heavy atom. The van der Waals surface area contributed by atoms with E-state index in [0.717, 1.165) is 47.6 Å². The fourth-order valence-electron chi connectivity index (χ4n) is 4.91. The molecule has 0 amide bonds. The summed E-state index contributed by atoms with van der Waals surface area (Å²) in [4.78, 5) is 18.3. The van der Waals surface area contributed by atoms with E-state index in [1.165, 1.54) is 24.8 Å². The molecule has 178 valence electrons. The topological polar surface area (TPSA) is 66.6 Å². The Bertz CT molecular complexity index is 1200. The van der Waals surface area contributed by atoms with Gasteiger partial charge in [0.25, 0.3) is 5.56 Å². The number of nitrogens with one attached hydrogen (secondary N) is 2. The third-order valence-electron chi connectivity index (χ3n) is 6.73. The number of aromatic amines is 1. The summed E-state index contributed by atoms with van der Waals surface area (Å²) in [6.45, 7) is 2.31. The SMILES string of the molecule is O=c1[nH]c2cc3c(cc2cc1CN(C(=S)NCCc1ccccc1)C1CCCCC1)OCCO3. The van der Waals surface area contributed by atoms with Gasteiger partial charge in [-0.15, -0.1) is 0 Å². The van der Waals surface area contributed by atoms with Crippen LogP contribution in [0.2, 0.25) is 0 Å². The summed E-state index contributed by atoms with van der Waals surface area (Å²) < 4.78 is 11.4. The Balaban J connectivity index is 1.36. The van der Waals surface area contributed by atoms with Crippen LogP contribution in [0, 0.1) is 0 Å². The quantitative estimate of drug-likeness (QED) is 0.508. The van der Waals surface area contributed by atoms with Crippen LogP contribution in [0.25, 0.3) is 10.9 Å². The van der Waals surface area contributed by atoms with Crippen LogP contribution in [0.4, 0.5) is 0 Å². The van der Waals surface area contributed by atoms with Crippen molar-refractivity contribution in [3.8, 4) is 11.5 Å². The molecular formula is C27H31N3O3S. The van der Waals surface area contributed by atoms with E-state index in [-0.39, 0.29) is 5.56 Å². The van der Waals surface area contributed by atoms with E-state index in [2.05, 4.69) is 39.5 Å². The number of thiocarbonyl (C=S) groups is 1. The zero-order valence-electron chi connectivity index (χ0n) is 19.3. The van der Waals surface area contributed by atoms with E-state index in [1.807, 2.05) is 24.3 Å². The molecule has 0 atom stereocenters. The molecule has 1 saturated carbocycles. The van der Waals surface area contributed by atoms with E-state index >= 15 is 0 Å². The Labute approximate surface area is 205 Å². The highest BCUT2D eigenvalue weighted by Gasteiger charge is 2.24. The Morgan fingerprint density at radius 2 is 1.76 bits per heavy atom. The van der Waals surface area contributed by atoms with Crippen molar-refractivity contribution in [2.75, 3.05) is 19.8 Å². The van der Waals surface area contributed by atoms with Gasteiger partial charge in [-0.1, -0.05) is 49.6 Å². The van der Waals surface area contributed by atoms with Gasteiger partial charge in [-0.25, -0.2) is 0 Å². The van der Waals surface area contributed by atoms with Gasteiger partial charge in [0.05, 0.1) is 12.1 Å². The third kappa shape index (κ3) is 5.20. The third-order valence-corrected chi connectivity index (χ3v) is 7.11. The van der Waals surface area contributed by atoms with Crippen LogP contribution >= 0.6 is 12.2 Å². The average molecular weight is 478 g/mol. The number of hydrogen-bond acceptors (Lipinski definition) is 4. The molecule has 0 spiro atoms. The van der Waals surface area contributed by atoms with Gasteiger partial charge >= 0.3 is 0 Å². The van der Waals surface area contributed by atoms with Crippen molar-refractivity contribution >= 4 is 28.2 Å². The van der Waals surface area contributed by atoms with E-state index < -0.39 is 0 Å². The summed E-state index contributed by atoms with van der Waals surface area (Å²) >= 11 is 5.86. The highest BCUT2D eigenvalue weighted by Crippen LogP contribution is 2.34. The predicted molar refractivity (Wildman–Crippen MR) is 139 cm³/mol. The first-order chi connectivity index (χ1) is 16.7. The van der Waals surface area contributed by atoms with Gasteiger partial charge in [0.2, 0.25) is 0 Å². The molecule has 5 rings (SSSR count). The van der Waals surface area contributed by atoms with Crippen LogP contribution in [0.5, 0.6) is 11.5 Å². The number of rotatable bonds is 6. The van der Waals surface area contributed by atoms with Crippen molar-refractivity contribution in [3.63, 3.8) is 0 Å². The summed E-state index contributed by atoms with van der Waals surface area (Å²) in [5.41, 5.74) is 2.66. The van der Waals surface area contributed by atoms with Gasteiger partial charge in [-0.3, -0.25) is 4.79 Å². The number of pyridine rings is 1. The van der Waals surface area contributed by atoms with E-state index in [9.17, 15) is 4.79 Å². The van der Waals surface area contributed by atoms with E-state index in [1.54, 1.807) is 0 Å². The lowest BCUT2D eigenvalue weighted by atomic mass is 9.94. The lowest BCUT2D eigenvalue weighted by Gasteiger charge is -2.36. The standard InChI is InChI=1S/C27H31N3O3S/c31-26-21(15-20-16-24-25(17-23(20)29-26)33-14-13-32-24)18-30(22-9-5-2-6-10-22)27(34)28-12-11-19-7-3-1-4-8-19/h1,3-4,7-8,15-17,22H,2,5-6,9-14,18H2,(H,28,34)(H,29,31). The molecule has 6 nitrogen and oxygen atoms in total. The number of ether oxygens (including phenoxy) is 2. The molecule has 1 aliphatic carbocycles. The molecule has 1 aromatic heterocycles. The molecule has 3 aromatic rings. The molecule has 0 saturated heterocycles. The molecule has 2 N–H and O–H groups in total. The molecule has 1 aliphatic heterocycles. The van der Waals surface area contributed by atoms with Crippen LogP contribution in [-0.4, -0.2) is 40.8 Å². The smallest absolute Gasteiger partial charge is 0.253 e. The fraction of sp³-hybridized carbons (Fsp3) is 0.407. The number of H-pyrrole nitrogens is 1. The van der Waals surface area contributed by atoms with Crippen LogP contribution < -0.4 is 20.3 Å². The molecule has 0 unspecified atom stereocenters. The zero-order valence-corrected chi connectivity index (χ0v) is 20.2. The van der Waals surface area contributed by atoms with Crippen molar-refractivity contribution in [2.24, 2.45) is 0 Å². The highest BCUT2D eigenvalue weighted by atomic mass is 32.1. The maximum atomic E-state index is 13.0. The normalized spacial score (nSPS) is 15.8. The highest BCUT2D eigenvalue weighted by molar-refractivity contribution is 7.80. The van der Waals surface area contributed by atoms with E-state index in [4.69, 9.17) is 21.7 Å². The van der Waals surface area contributed by atoms with Crippen LogP contribution in [0.1, 0.15) is 43.2 Å². The minimum absolute atomic E-state index is 0.0860. The van der Waals surface area contributed by atoms with Gasteiger partial charge in [0.1, 0.15) is 13.2 Å². The summed E-state index contributed by atoms with van der Waals surface area (Å²) in [5.74, 6) is 1.40. The zero-order chi connectivity index (χ0) is 23.3. The molecule has 2 aromatic carbocycles. The Morgan fingerprint density at radius 3 is 2.53 bits per heavy atom. The predicted octanol–water partition coefficient (Wildman–Crippen LogP) is 4.55. The minimum atomic E-state index is -0.0860. The van der Waals surface area contributed by atoms with Crippen molar-refractivity contribution in [2.45, 2.75) is 51.1 Å². The van der Waals surface area contributed by atoms with Crippen LogP contribution in [0.3, 0.4) is 0 Å². The largest absolute Gasteiger partial charge is 0.486 e. The molecule has 2 aliphatic rings. The number of nitrogens with zero attached hydrogens (tertiary/aromatic N) is 1. The maximum Gasteiger partial charge on any atom is 0.253 e. The first kappa shape index (κ1) is 22.7. The monoisotopic (exact) mass is 477 g/mol. The first-order valence-electron chi connectivity index (χ1n) is 12.2. The lowest BCUT2D eigenvalue weighted by molar-refractivity contribution is 0.172. The second-order valence-corrected chi connectivity index (χ2v) is 9.48. The summed E-state index contributed by atoms with van der Waals surface area (Å²) in [5, 5.41) is 5.12. The van der Waals surface area contributed by atoms with Crippen molar-refractivity contribution < 1.29 is 9.47 Å². The van der Waals surface area contributed by atoms with Gasteiger partial charge < -0.3 is 24.7 Å². The van der Waals surface area contributed by atoms with Crippen LogP contribution in [0.15, 0.2) is 53.3 Å². The maximum absolute atomic E-state index is 13.0. The number of benzene rings is 2. The van der Waals surface area contributed by atoms with Crippen molar-refractivity contribution in [3.05, 3.63) is 70.0 Å². The second-order valence-electron chi connectivity index (χ2n) is 9.09. The molecular weight excluding hydrogens is 446 g/mol. The van der Waals surface area contributed by atoms with Gasteiger partial charge in [0.15, 0.2) is 16.6 Å². The van der Waals surface area contributed by atoms with Gasteiger partial charge in [-0.05, 0) is 49.2 Å². The van der Waals surface area contributed by atoms with Gasteiger partial charge in [-0.2, -0.15) is 0 Å². The molecule has 0 radical (unpaired) electrons. The molecule has 0 bridgehead atoms. The van der Waals surface area contributed by atoms with Gasteiger partial charge in [0, 0.05) is 29.6 Å². The molecule has 2 heterocycles. The number of hydrogen-bond donors (Lipinski definition) is 2. The summed E-state index contributed by atoms with van der Waals surface area (Å²) in [6.07, 6.45) is 6.78. The average Bonchev–Trinajstić information content (AvgIpc) is 2.87. The Kier molecular flexibility index (Phi) is 7.00. The summed E-state index contributed by atoms with van der Waals surface area (Å²) in [7, 11) is 0.